The average molecular weight is 441 g/mol. The molecule has 0 atom stereocenters. The van der Waals surface area contributed by atoms with Gasteiger partial charge in [0.1, 0.15) is 17.3 Å². The van der Waals surface area contributed by atoms with Crippen molar-refractivity contribution in [1.29, 1.82) is 5.26 Å². The van der Waals surface area contributed by atoms with Crippen molar-refractivity contribution in [2.45, 2.75) is 60.8 Å². The van der Waals surface area contributed by atoms with Crippen LogP contribution in [0, 0.1) is 16.7 Å². The summed E-state index contributed by atoms with van der Waals surface area (Å²) in [5, 5.41) is 21.8. The van der Waals surface area contributed by atoms with E-state index in [9.17, 15) is 10.1 Å². The molecule has 1 N–H and O–H groups in total. The van der Waals surface area contributed by atoms with Crippen molar-refractivity contribution in [3.05, 3.63) is 29.5 Å². The third-order valence-corrected chi connectivity index (χ3v) is 5.52. The molecular weight excluding hydrogens is 408 g/mol. The Morgan fingerprint density at radius 2 is 1.81 bits per heavy atom. The Kier molecular flexibility index (Phi) is 7.55. The highest BCUT2D eigenvalue weighted by Crippen LogP contribution is 2.37. The van der Waals surface area contributed by atoms with Crippen molar-refractivity contribution < 1.29 is 4.79 Å². The van der Waals surface area contributed by atoms with Crippen molar-refractivity contribution in [3.8, 4) is 6.07 Å². The van der Waals surface area contributed by atoms with E-state index in [0.717, 1.165) is 30.3 Å². The van der Waals surface area contributed by atoms with Crippen LogP contribution in [0.4, 0.5) is 22.1 Å². The Morgan fingerprint density at radius 3 is 2.32 bits per heavy atom. The molecule has 8 heteroatoms. The predicted octanol–water partition coefficient (Wildman–Crippen LogP) is 6.56. The van der Waals surface area contributed by atoms with Gasteiger partial charge in [-0.25, -0.2) is 0 Å². The molecule has 0 unspecified atom stereocenters. The first-order chi connectivity index (χ1) is 14.4. The van der Waals surface area contributed by atoms with E-state index in [1.165, 1.54) is 0 Å². The van der Waals surface area contributed by atoms with E-state index in [1.807, 2.05) is 59.7 Å². The van der Waals surface area contributed by atoms with Gasteiger partial charge in [-0.05, 0) is 43.6 Å². The van der Waals surface area contributed by atoms with E-state index in [1.54, 1.807) is 0 Å². The van der Waals surface area contributed by atoms with E-state index in [4.69, 9.17) is 0 Å². The van der Waals surface area contributed by atoms with Crippen LogP contribution in [0.1, 0.15) is 66.6 Å². The minimum absolute atomic E-state index is 0.105. The monoisotopic (exact) mass is 440 g/mol. The molecule has 0 bridgehead atoms. The molecule has 1 heterocycles. The molecule has 0 aliphatic rings. The highest BCUT2D eigenvalue weighted by Gasteiger charge is 2.25. The predicted molar refractivity (Wildman–Crippen MR) is 128 cm³/mol. The number of nitrogens with zero attached hydrogens (tertiary/aromatic N) is 5. The summed E-state index contributed by atoms with van der Waals surface area (Å²) in [5.74, 6) is -0.105. The van der Waals surface area contributed by atoms with E-state index < -0.39 is 5.41 Å². The summed E-state index contributed by atoms with van der Waals surface area (Å²) in [4.78, 5) is 14.8. The van der Waals surface area contributed by atoms with Gasteiger partial charge in [0.15, 0.2) is 5.00 Å². The lowest BCUT2D eigenvalue weighted by molar-refractivity contribution is -0.123. The number of carbonyl (C=O) groups is 1. The van der Waals surface area contributed by atoms with Gasteiger partial charge in [-0.2, -0.15) is 9.64 Å². The molecule has 1 aromatic heterocycles. The third-order valence-electron chi connectivity index (χ3n) is 4.78. The Bertz CT molecular complexity index is 1000. The first-order valence-corrected chi connectivity index (χ1v) is 11.2. The normalized spacial score (nSPS) is 12.1. The number of benzene rings is 1. The van der Waals surface area contributed by atoms with Gasteiger partial charge >= 0.3 is 0 Å². The third kappa shape index (κ3) is 5.88. The number of hydrogen-bond donors (Lipinski definition) is 1. The zero-order chi connectivity index (χ0) is 23.4. The van der Waals surface area contributed by atoms with Crippen LogP contribution in [0.3, 0.4) is 0 Å². The van der Waals surface area contributed by atoms with Gasteiger partial charge in [-0.15, -0.1) is 10.2 Å². The molecule has 1 aromatic carbocycles. The van der Waals surface area contributed by atoms with Gasteiger partial charge in [0.05, 0.1) is 11.4 Å². The highest BCUT2D eigenvalue weighted by molar-refractivity contribution is 7.10. The summed E-state index contributed by atoms with van der Waals surface area (Å²) in [6, 6.07) is 7.94. The fourth-order valence-corrected chi connectivity index (χ4v) is 3.72. The number of nitrogens with one attached hydrogen (secondary N) is 1. The number of azo groups is 1. The molecule has 2 rings (SSSR count). The van der Waals surface area contributed by atoms with Crippen LogP contribution in [-0.2, 0) is 10.2 Å². The molecule has 0 aliphatic heterocycles. The topological polar surface area (TPSA) is 93.7 Å². The summed E-state index contributed by atoms with van der Waals surface area (Å²) in [6.45, 7) is 17.5. The molecule has 7 nitrogen and oxygen atoms in total. The second-order valence-corrected chi connectivity index (χ2v) is 10.1. The lowest BCUT2D eigenvalue weighted by Gasteiger charge is -2.23. The lowest BCUT2D eigenvalue weighted by atomic mass is 9.90. The number of rotatable bonds is 6. The Balaban J connectivity index is 2.49. The van der Waals surface area contributed by atoms with Crippen LogP contribution < -0.4 is 10.2 Å². The SMILES string of the molecule is CCN(CC)c1ccc(/N=N/c2snc(C(C)(C)C)c2C#N)c(NC(=O)C(C)(C)C)c1. The first-order valence-electron chi connectivity index (χ1n) is 10.4. The molecule has 1 amide bonds. The standard InChI is InChI=1S/C23H32N6OS/c1-9-29(10-2)15-11-12-17(18(13-15)25-21(30)23(6,7)8)26-27-20-16(14-24)19(28-31-20)22(3,4)5/h11-13H,9-10H2,1-8H3,(H,25,30)/b27-26+. The molecule has 2 aromatic rings. The van der Waals surface area contributed by atoms with E-state index in [2.05, 4.69) is 44.7 Å². The number of hydrogen-bond acceptors (Lipinski definition) is 7. The number of amides is 1. The number of carbonyl (C=O) groups excluding carboxylic acids is 1. The van der Waals surface area contributed by atoms with Gasteiger partial charge in [-0.3, -0.25) is 4.79 Å². The fourth-order valence-electron chi connectivity index (χ4n) is 2.87. The van der Waals surface area contributed by atoms with Gasteiger partial charge in [0, 0.05) is 29.6 Å². The number of anilines is 2. The summed E-state index contributed by atoms with van der Waals surface area (Å²) < 4.78 is 4.42. The van der Waals surface area contributed by atoms with E-state index in [0.29, 0.717) is 27.6 Å². The second kappa shape index (κ2) is 9.56. The van der Waals surface area contributed by atoms with Crippen molar-refractivity contribution in [1.82, 2.24) is 4.37 Å². The van der Waals surface area contributed by atoms with E-state index in [-0.39, 0.29) is 11.3 Å². The molecule has 0 radical (unpaired) electrons. The molecule has 0 fully saturated rings. The lowest BCUT2D eigenvalue weighted by Crippen LogP contribution is -2.28. The first kappa shape index (κ1) is 24.5. The van der Waals surface area contributed by atoms with Crippen molar-refractivity contribution in [2.75, 3.05) is 23.3 Å². The van der Waals surface area contributed by atoms with Gasteiger partial charge in [-0.1, -0.05) is 41.5 Å². The van der Waals surface area contributed by atoms with Gasteiger partial charge in [0.2, 0.25) is 5.91 Å². The Labute approximate surface area is 189 Å². The van der Waals surface area contributed by atoms with Gasteiger partial charge < -0.3 is 10.2 Å². The summed E-state index contributed by atoms with van der Waals surface area (Å²) in [7, 11) is 0. The Hall–Kier alpha value is -2.79. The van der Waals surface area contributed by atoms with Crippen molar-refractivity contribution in [2.24, 2.45) is 15.6 Å². The average Bonchev–Trinajstić information content (AvgIpc) is 3.11. The molecular formula is C23H32N6OS. The molecule has 0 saturated heterocycles. The minimum atomic E-state index is -0.549. The number of aromatic nitrogens is 1. The number of nitriles is 1. The van der Waals surface area contributed by atoms with Crippen molar-refractivity contribution in [3.63, 3.8) is 0 Å². The molecule has 0 saturated carbocycles. The minimum Gasteiger partial charge on any atom is -0.372 e. The van der Waals surface area contributed by atoms with Crippen LogP contribution in [-0.4, -0.2) is 23.4 Å². The second-order valence-electron chi connectivity index (χ2n) is 9.35. The maximum absolute atomic E-state index is 12.6. The summed E-state index contributed by atoms with van der Waals surface area (Å²) in [5.41, 5.74) is 2.47. The fraction of sp³-hybridized carbons (Fsp3) is 0.522. The largest absolute Gasteiger partial charge is 0.372 e. The molecule has 31 heavy (non-hydrogen) atoms. The van der Waals surface area contributed by atoms with E-state index >= 15 is 0 Å². The van der Waals surface area contributed by atoms with Crippen LogP contribution >= 0.6 is 11.5 Å². The maximum Gasteiger partial charge on any atom is 0.229 e. The maximum atomic E-state index is 12.6. The highest BCUT2D eigenvalue weighted by atomic mass is 32.1. The Morgan fingerprint density at radius 1 is 1.16 bits per heavy atom. The summed E-state index contributed by atoms with van der Waals surface area (Å²) in [6.07, 6.45) is 0. The van der Waals surface area contributed by atoms with Crippen LogP contribution in [0.5, 0.6) is 0 Å². The molecule has 0 spiro atoms. The zero-order valence-corrected chi connectivity index (χ0v) is 20.5. The van der Waals surface area contributed by atoms with Crippen LogP contribution in [0.2, 0.25) is 0 Å². The van der Waals surface area contributed by atoms with Crippen molar-refractivity contribution >= 4 is 39.5 Å². The van der Waals surface area contributed by atoms with Gasteiger partial charge in [0.25, 0.3) is 0 Å². The summed E-state index contributed by atoms with van der Waals surface area (Å²) >= 11 is 1.16. The van der Waals surface area contributed by atoms with Crippen LogP contribution in [0.25, 0.3) is 0 Å². The van der Waals surface area contributed by atoms with Crippen LogP contribution in [0.15, 0.2) is 28.4 Å². The molecule has 0 aliphatic carbocycles. The quantitative estimate of drug-likeness (QED) is 0.515. The zero-order valence-electron chi connectivity index (χ0n) is 19.7. The molecule has 166 valence electrons. The smallest absolute Gasteiger partial charge is 0.229 e.